The molecule has 1 aliphatic rings. The van der Waals surface area contributed by atoms with E-state index in [1.165, 1.54) is 32.1 Å². The lowest BCUT2D eigenvalue weighted by atomic mass is 9.84. The van der Waals surface area contributed by atoms with Gasteiger partial charge in [-0.2, -0.15) is 0 Å². The zero-order valence-corrected chi connectivity index (χ0v) is 14.9. The zero-order valence-electron chi connectivity index (χ0n) is 13.3. The van der Waals surface area contributed by atoms with Crippen LogP contribution in [0, 0.1) is 19.8 Å². The quantitative estimate of drug-likeness (QED) is 0.878. The molecule has 0 bridgehead atoms. The first-order chi connectivity index (χ1) is 9.61. The summed E-state index contributed by atoms with van der Waals surface area (Å²) < 4.78 is 0. The monoisotopic (exact) mass is 347 g/mol. The van der Waals surface area contributed by atoms with Gasteiger partial charge < -0.3 is 11.1 Å². The Bertz CT molecular complexity index is 476. The van der Waals surface area contributed by atoms with Gasteiger partial charge >= 0.3 is 0 Å². The lowest BCUT2D eigenvalue weighted by Crippen LogP contribution is -2.46. The second-order valence-corrected chi connectivity index (χ2v) is 5.80. The van der Waals surface area contributed by atoms with Gasteiger partial charge in [-0.3, -0.25) is 9.78 Å². The maximum absolute atomic E-state index is 12.4. The lowest BCUT2D eigenvalue weighted by Gasteiger charge is -2.30. The van der Waals surface area contributed by atoms with Crippen molar-refractivity contribution in [1.82, 2.24) is 10.3 Å². The highest BCUT2D eigenvalue weighted by Gasteiger charge is 2.24. The number of rotatable bonds is 4. The number of nitrogens with one attached hydrogen (secondary N) is 1. The summed E-state index contributed by atoms with van der Waals surface area (Å²) in [5.74, 6) is 0.479. The smallest absolute Gasteiger partial charge is 0.253 e. The molecule has 0 aliphatic heterocycles. The highest BCUT2D eigenvalue weighted by molar-refractivity contribution is 5.95. The van der Waals surface area contributed by atoms with Crippen molar-refractivity contribution < 1.29 is 4.79 Å². The summed E-state index contributed by atoms with van der Waals surface area (Å²) in [4.78, 5) is 16.7. The molecule has 0 aromatic carbocycles. The Balaban J connectivity index is 0.00000220. The zero-order chi connectivity index (χ0) is 14.5. The van der Waals surface area contributed by atoms with Gasteiger partial charge in [-0.15, -0.1) is 24.8 Å². The Kier molecular flexibility index (Phi) is 9.65. The number of pyridine rings is 1. The van der Waals surface area contributed by atoms with E-state index >= 15 is 0 Å². The minimum Gasteiger partial charge on any atom is -0.348 e. The summed E-state index contributed by atoms with van der Waals surface area (Å²) in [5, 5.41) is 3.11. The third kappa shape index (κ3) is 5.41. The van der Waals surface area contributed by atoms with Crippen LogP contribution < -0.4 is 11.1 Å². The Morgan fingerprint density at radius 2 is 1.91 bits per heavy atom. The van der Waals surface area contributed by atoms with Gasteiger partial charge in [-0.05, 0) is 44.7 Å². The van der Waals surface area contributed by atoms with Crippen molar-refractivity contribution in [3.8, 4) is 0 Å². The van der Waals surface area contributed by atoms with E-state index < -0.39 is 0 Å². The SMILES string of the molecule is Cc1ccc(C(=O)NC(CN)C2CCCCC2)c(C)n1.Cl.Cl. The number of hydrogen-bond donors (Lipinski definition) is 2. The van der Waals surface area contributed by atoms with E-state index in [9.17, 15) is 4.79 Å². The molecule has 1 unspecified atom stereocenters. The van der Waals surface area contributed by atoms with Crippen LogP contribution in [0.15, 0.2) is 12.1 Å². The van der Waals surface area contributed by atoms with Crippen molar-refractivity contribution >= 4 is 30.7 Å². The third-order valence-electron chi connectivity index (χ3n) is 4.26. The first-order valence-electron chi connectivity index (χ1n) is 7.57. The minimum atomic E-state index is -0.0453. The predicted molar refractivity (Wildman–Crippen MR) is 95.1 cm³/mol. The van der Waals surface area contributed by atoms with Crippen LogP contribution in [0.2, 0.25) is 0 Å². The first-order valence-corrected chi connectivity index (χ1v) is 7.57. The molecule has 3 N–H and O–H groups in total. The molecule has 1 fully saturated rings. The maximum Gasteiger partial charge on any atom is 0.253 e. The fraction of sp³-hybridized carbons (Fsp3) is 0.625. The Hall–Kier alpha value is -0.840. The van der Waals surface area contributed by atoms with Gasteiger partial charge in [-0.25, -0.2) is 0 Å². The number of halogens is 2. The van der Waals surface area contributed by atoms with Gasteiger partial charge in [0, 0.05) is 18.3 Å². The van der Waals surface area contributed by atoms with E-state index in [-0.39, 0.29) is 36.8 Å². The molecule has 1 aliphatic carbocycles. The molecule has 1 atom stereocenters. The molecule has 126 valence electrons. The van der Waals surface area contributed by atoms with Crippen molar-refractivity contribution in [3.05, 3.63) is 29.1 Å². The van der Waals surface area contributed by atoms with Crippen LogP contribution in [0.25, 0.3) is 0 Å². The van der Waals surface area contributed by atoms with Crippen molar-refractivity contribution in [2.75, 3.05) is 6.54 Å². The highest BCUT2D eigenvalue weighted by atomic mass is 35.5. The standard InChI is InChI=1S/C16H25N3O.2ClH/c1-11-8-9-14(12(2)18-11)16(20)19-15(10-17)13-6-4-3-5-7-13;;/h8-9,13,15H,3-7,10,17H2,1-2H3,(H,19,20);2*1H. The molecule has 1 aromatic rings. The lowest BCUT2D eigenvalue weighted by molar-refractivity contribution is 0.0914. The molecule has 4 nitrogen and oxygen atoms in total. The van der Waals surface area contributed by atoms with Crippen LogP contribution in [0.5, 0.6) is 0 Å². The second-order valence-electron chi connectivity index (χ2n) is 5.80. The summed E-state index contributed by atoms with van der Waals surface area (Å²) in [5.41, 5.74) is 8.23. The molecule has 2 rings (SSSR count). The fourth-order valence-electron chi connectivity index (χ4n) is 3.08. The Labute approximate surface area is 145 Å². The number of carbonyl (C=O) groups excluding carboxylic acids is 1. The van der Waals surface area contributed by atoms with E-state index in [1.54, 1.807) is 0 Å². The van der Waals surface area contributed by atoms with Crippen molar-refractivity contribution in [2.45, 2.75) is 52.0 Å². The van der Waals surface area contributed by atoms with Crippen molar-refractivity contribution in [2.24, 2.45) is 11.7 Å². The first kappa shape index (κ1) is 21.2. The molecule has 1 aromatic heterocycles. The molecule has 0 spiro atoms. The second kappa shape index (κ2) is 10.0. The number of aromatic nitrogens is 1. The van der Waals surface area contributed by atoms with Crippen LogP contribution in [-0.2, 0) is 0 Å². The third-order valence-corrected chi connectivity index (χ3v) is 4.26. The number of nitrogens with two attached hydrogens (primary N) is 1. The molecule has 1 heterocycles. The maximum atomic E-state index is 12.4. The van der Waals surface area contributed by atoms with Crippen molar-refractivity contribution in [1.29, 1.82) is 0 Å². The molecule has 0 saturated heterocycles. The largest absolute Gasteiger partial charge is 0.348 e. The molecule has 22 heavy (non-hydrogen) atoms. The molecule has 0 radical (unpaired) electrons. The average molecular weight is 348 g/mol. The number of hydrogen-bond acceptors (Lipinski definition) is 3. The summed E-state index contributed by atoms with van der Waals surface area (Å²) in [7, 11) is 0. The normalized spacial score (nSPS) is 16.1. The number of nitrogens with zero attached hydrogens (tertiary/aromatic N) is 1. The van der Waals surface area contributed by atoms with Crippen LogP contribution in [-0.4, -0.2) is 23.5 Å². The van der Waals surface area contributed by atoms with Crippen LogP contribution >= 0.6 is 24.8 Å². The van der Waals surface area contributed by atoms with E-state index in [2.05, 4.69) is 10.3 Å². The molecule has 1 saturated carbocycles. The summed E-state index contributed by atoms with van der Waals surface area (Å²) in [6.45, 7) is 4.31. The molecule has 6 heteroatoms. The predicted octanol–water partition coefficient (Wildman–Crippen LogP) is 3.18. The van der Waals surface area contributed by atoms with Crippen LogP contribution in [0.1, 0.15) is 53.8 Å². The van der Waals surface area contributed by atoms with E-state index in [0.29, 0.717) is 18.0 Å². The Morgan fingerprint density at radius 1 is 1.27 bits per heavy atom. The minimum absolute atomic E-state index is 0. The van der Waals surface area contributed by atoms with Gasteiger partial charge in [-0.1, -0.05) is 19.3 Å². The van der Waals surface area contributed by atoms with E-state index in [1.807, 2.05) is 26.0 Å². The summed E-state index contributed by atoms with van der Waals surface area (Å²) in [6.07, 6.45) is 6.16. The topological polar surface area (TPSA) is 68.0 Å². The van der Waals surface area contributed by atoms with Gasteiger partial charge in [0.05, 0.1) is 11.3 Å². The Morgan fingerprint density at radius 3 is 2.45 bits per heavy atom. The van der Waals surface area contributed by atoms with Gasteiger partial charge in [0.15, 0.2) is 0 Å². The van der Waals surface area contributed by atoms with Gasteiger partial charge in [0.1, 0.15) is 0 Å². The molecule has 1 amide bonds. The van der Waals surface area contributed by atoms with Crippen LogP contribution in [0.3, 0.4) is 0 Å². The number of aryl methyl sites for hydroxylation is 2. The van der Waals surface area contributed by atoms with Gasteiger partial charge in [0.2, 0.25) is 0 Å². The number of carbonyl (C=O) groups is 1. The molecular formula is C16H27Cl2N3O. The number of amides is 1. The molecular weight excluding hydrogens is 321 g/mol. The van der Waals surface area contributed by atoms with Crippen LogP contribution in [0.4, 0.5) is 0 Å². The van der Waals surface area contributed by atoms with E-state index in [0.717, 1.165) is 11.4 Å². The fourth-order valence-corrected chi connectivity index (χ4v) is 3.08. The average Bonchev–Trinajstić information content (AvgIpc) is 2.45. The van der Waals surface area contributed by atoms with Gasteiger partial charge in [0.25, 0.3) is 5.91 Å². The van der Waals surface area contributed by atoms with Crippen molar-refractivity contribution in [3.63, 3.8) is 0 Å². The van der Waals surface area contributed by atoms with E-state index in [4.69, 9.17) is 5.73 Å². The summed E-state index contributed by atoms with van der Waals surface area (Å²) in [6, 6.07) is 3.81. The summed E-state index contributed by atoms with van der Waals surface area (Å²) >= 11 is 0. The highest BCUT2D eigenvalue weighted by Crippen LogP contribution is 2.26.